The molecule has 0 heterocycles. The summed E-state index contributed by atoms with van der Waals surface area (Å²) in [5.41, 5.74) is 0. The average Bonchev–Trinajstić information content (AvgIpc) is 2.39. The Kier molecular flexibility index (Phi) is 8.39. The van der Waals surface area contributed by atoms with Crippen LogP contribution in [0.2, 0.25) is 0 Å². The predicted molar refractivity (Wildman–Crippen MR) is 83.9 cm³/mol. The van der Waals surface area contributed by atoms with Crippen LogP contribution >= 0.6 is 0 Å². The Morgan fingerprint density at radius 2 is 2.15 bits per heavy atom. The minimum atomic E-state index is 0.260. The number of ether oxygens (including phenoxy) is 1. The highest BCUT2D eigenvalue weighted by Gasteiger charge is 2.29. The number of methoxy groups -OCH3 is 1. The lowest BCUT2D eigenvalue weighted by molar-refractivity contribution is -0.126. The molecular weight excluding hydrogens is 250 g/mol. The van der Waals surface area contributed by atoms with E-state index in [0.29, 0.717) is 11.7 Å². The molecule has 3 heteroatoms. The van der Waals surface area contributed by atoms with Crippen LogP contribution in [0.15, 0.2) is 0 Å². The van der Waals surface area contributed by atoms with Gasteiger partial charge < -0.3 is 9.64 Å². The van der Waals surface area contributed by atoms with E-state index in [0.717, 1.165) is 51.4 Å². The maximum absolute atomic E-state index is 12.2. The maximum Gasteiger partial charge on any atom is 0.137 e. The summed E-state index contributed by atoms with van der Waals surface area (Å²) in [5.74, 6) is 2.16. The molecule has 1 saturated carbocycles. The van der Waals surface area contributed by atoms with Gasteiger partial charge in [-0.05, 0) is 24.7 Å². The first-order valence-electron chi connectivity index (χ1n) is 8.30. The minimum Gasteiger partial charge on any atom is -0.383 e. The van der Waals surface area contributed by atoms with Gasteiger partial charge >= 0.3 is 0 Å². The van der Waals surface area contributed by atoms with E-state index in [2.05, 4.69) is 25.7 Å². The van der Waals surface area contributed by atoms with Crippen LogP contribution in [0.5, 0.6) is 0 Å². The van der Waals surface area contributed by atoms with Crippen LogP contribution in [0.3, 0.4) is 0 Å². The molecule has 0 radical (unpaired) electrons. The average molecular weight is 283 g/mol. The zero-order chi connectivity index (χ0) is 15.0. The van der Waals surface area contributed by atoms with Crippen molar-refractivity contribution in [3.05, 3.63) is 0 Å². The van der Waals surface area contributed by atoms with E-state index in [-0.39, 0.29) is 5.92 Å². The third kappa shape index (κ3) is 6.36. The van der Waals surface area contributed by atoms with Gasteiger partial charge in [-0.15, -0.1) is 0 Å². The smallest absolute Gasteiger partial charge is 0.137 e. The maximum atomic E-state index is 12.2. The van der Waals surface area contributed by atoms with E-state index in [1.165, 1.54) is 12.8 Å². The molecule has 3 nitrogen and oxygen atoms in total. The van der Waals surface area contributed by atoms with Crippen molar-refractivity contribution in [2.24, 2.45) is 17.8 Å². The van der Waals surface area contributed by atoms with Gasteiger partial charge in [-0.3, -0.25) is 4.79 Å². The molecule has 0 spiro atoms. The standard InChI is InChI=1S/C17H33NO2/c1-5-6-15-7-8-17(19)16(11-15)13-18(9-10-20-4)12-14(2)3/h14-16H,5-13H2,1-4H3. The summed E-state index contributed by atoms with van der Waals surface area (Å²) < 4.78 is 5.20. The van der Waals surface area contributed by atoms with Crippen molar-refractivity contribution in [3.63, 3.8) is 0 Å². The van der Waals surface area contributed by atoms with Crippen LogP contribution in [0.25, 0.3) is 0 Å². The minimum absolute atomic E-state index is 0.260. The highest BCUT2D eigenvalue weighted by Crippen LogP contribution is 2.30. The molecule has 20 heavy (non-hydrogen) atoms. The summed E-state index contributed by atoms with van der Waals surface area (Å²) >= 11 is 0. The summed E-state index contributed by atoms with van der Waals surface area (Å²) in [4.78, 5) is 14.6. The van der Waals surface area contributed by atoms with Crippen molar-refractivity contribution >= 4 is 5.78 Å². The lowest BCUT2D eigenvalue weighted by Crippen LogP contribution is -2.40. The fraction of sp³-hybridized carbons (Fsp3) is 0.941. The van der Waals surface area contributed by atoms with Crippen molar-refractivity contribution in [2.75, 3.05) is 33.4 Å². The molecule has 0 amide bonds. The van der Waals surface area contributed by atoms with E-state index in [1.54, 1.807) is 7.11 Å². The molecule has 0 aromatic carbocycles. The molecule has 0 saturated heterocycles. The lowest BCUT2D eigenvalue weighted by Gasteiger charge is -2.33. The van der Waals surface area contributed by atoms with Gasteiger partial charge in [0.1, 0.15) is 5.78 Å². The molecular formula is C17H33NO2. The predicted octanol–water partition coefficient (Wildman–Crippen LogP) is 3.38. The molecule has 2 atom stereocenters. The van der Waals surface area contributed by atoms with E-state index in [4.69, 9.17) is 4.74 Å². The Balaban J connectivity index is 2.52. The summed E-state index contributed by atoms with van der Waals surface area (Å²) in [5, 5.41) is 0. The molecule has 1 aliphatic carbocycles. The van der Waals surface area contributed by atoms with Crippen molar-refractivity contribution in [1.29, 1.82) is 0 Å². The second-order valence-corrected chi connectivity index (χ2v) is 6.74. The van der Waals surface area contributed by atoms with Gasteiger partial charge in [0.15, 0.2) is 0 Å². The van der Waals surface area contributed by atoms with E-state index < -0.39 is 0 Å². The Hall–Kier alpha value is -0.410. The summed E-state index contributed by atoms with van der Waals surface area (Å²) in [6.45, 7) is 10.4. The second-order valence-electron chi connectivity index (χ2n) is 6.74. The van der Waals surface area contributed by atoms with Gasteiger partial charge in [-0.2, -0.15) is 0 Å². The summed E-state index contributed by atoms with van der Waals surface area (Å²) in [6, 6.07) is 0. The zero-order valence-corrected chi connectivity index (χ0v) is 13.9. The molecule has 118 valence electrons. The Morgan fingerprint density at radius 3 is 2.75 bits per heavy atom. The third-order valence-electron chi connectivity index (χ3n) is 4.28. The van der Waals surface area contributed by atoms with Gasteiger partial charge in [0.25, 0.3) is 0 Å². The Bertz CT molecular complexity index is 278. The van der Waals surface area contributed by atoms with Crippen LogP contribution in [0.4, 0.5) is 0 Å². The molecule has 0 N–H and O–H groups in total. The summed E-state index contributed by atoms with van der Waals surface area (Å²) in [7, 11) is 1.75. The molecule has 1 aliphatic rings. The third-order valence-corrected chi connectivity index (χ3v) is 4.28. The quantitative estimate of drug-likeness (QED) is 0.650. The first-order chi connectivity index (χ1) is 9.56. The molecule has 0 bridgehead atoms. The topological polar surface area (TPSA) is 29.5 Å². The monoisotopic (exact) mass is 283 g/mol. The fourth-order valence-corrected chi connectivity index (χ4v) is 3.35. The van der Waals surface area contributed by atoms with Crippen LogP contribution in [-0.4, -0.2) is 44.0 Å². The number of rotatable bonds is 9. The largest absolute Gasteiger partial charge is 0.383 e. The SMILES string of the molecule is CCCC1CCC(=O)C(CN(CCOC)CC(C)C)C1. The van der Waals surface area contributed by atoms with Crippen LogP contribution in [-0.2, 0) is 9.53 Å². The molecule has 0 aromatic rings. The lowest BCUT2D eigenvalue weighted by atomic mass is 9.78. The van der Waals surface area contributed by atoms with Gasteiger partial charge in [0.05, 0.1) is 6.61 Å². The van der Waals surface area contributed by atoms with Crippen LogP contribution in [0.1, 0.15) is 52.9 Å². The molecule has 1 fully saturated rings. The number of nitrogens with zero attached hydrogens (tertiary/aromatic N) is 1. The van der Waals surface area contributed by atoms with E-state index in [1.807, 2.05) is 0 Å². The molecule has 0 aliphatic heterocycles. The van der Waals surface area contributed by atoms with Gasteiger partial charge in [-0.25, -0.2) is 0 Å². The number of carbonyl (C=O) groups is 1. The van der Waals surface area contributed by atoms with Crippen LogP contribution < -0.4 is 0 Å². The van der Waals surface area contributed by atoms with Crippen molar-refractivity contribution in [3.8, 4) is 0 Å². The highest BCUT2D eigenvalue weighted by molar-refractivity contribution is 5.81. The molecule has 1 rings (SSSR count). The van der Waals surface area contributed by atoms with Crippen molar-refractivity contribution < 1.29 is 9.53 Å². The first-order valence-corrected chi connectivity index (χ1v) is 8.30. The van der Waals surface area contributed by atoms with Crippen LogP contribution in [0, 0.1) is 17.8 Å². The van der Waals surface area contributed by atoms with E-state index in [9.17, 15) is 4.79 Å². The Morgan fingerprint density at radius 1 is 1.40 bits per heavy atom. The summed E-state index contributed by atoms with van der Waals surface area (Å²) in [6.07, 6.45) is 5.55. The second kappa shape index (κ2) is 9.51. The number of hydrogen-bond donors (Lipinski definition) is 0. The van der Waals surface area contributed by atoms with Crippen molar-refractivity contribution in [2.45, 2.75) is 52.9 Å². The number of ketones is 1. The molecule has 0 aromatic heterocycles. The first kappa shape index (κ1) is 17.6. The normalized spacial score (nSPS) is 23.8. The van der Waals surface area contributed by atoms with Gasteiger partial charge in [-0.1, -0.05) is 33.6 Å². The number of carbonyl (C=O) groups excluding carboxylic acids is 1. The number of Topliss-reactive ketones (excluding diaryl/α,β-unsaturated/α-hetero) is 1. The van der Waals surface area contributed by atoms with Crippen molar-refractivity contribution in [1.82, 2.24) is 4.90 Å². The molecule has 2 unspecified atom stereocenters. The van der Waals surface area contributed by atoms with Gasteiger partial charge in [0, 0.05) is 39.1 Å². The number of hydrogen-bond acceptors (Lipinski definition) is 3. The van der Waals surface area contributed by atoms with Gasteiger partial charge in [0.2, 0.25) is 0 Å². The van der Waals surface area contributed by atoms with E-state index >= 15 is 0 Å². The highest BCUT2D eigenvalue weighted by atomic mass is 16.5. The fourth-order valence-electron chi connectivity index (χ4n) is 3.35. The zero-order valence-electron chi connectivity index (χ0n) is 13.9. The Labute approximate surface area is 125 Å².